The topological polar surface area (TPSA) is 94.5 Å². The van der Waals surface area contributed by atoms with Gasteiger partial charge < -0.3 is 15.6 Å². The largest absolute Gasteiger partial charge is 0.382 e. The first-order valence-corrected chi connectivity index (χ1v) is 7.25. The lowest BCUT2D eigenvalue weighted by Crippen LogP contribution is -2.08. The zero-order valence-corrected chi connectivity index (χ0v) is 12.3. The van der Waals surface area contributed by atoms with Crippen LogP contribution in [0.4, 0.5) is 10.8 Å². The highest BCUT2D eigenvalue weighted by molar-refractivity contribution is 7.11. The van der Waals surface area contributed by atoms with Gasteiger partial charge in [0, 0.05) is 38.0 Å². The van der Waals surface area contributed by atoms with E-state index in [1.807, 2.05) is 23.7 Å². The molecule has 3 aromatic rings. The smallest absolute Gasteiger partial charge is 0.147 e. The van der Waals surface area contributed by atoms with Gasteiger partial charge in [0.1, 0.15) is 23.0 Å². The molecule has 0 aliphatic heterocycles. The fourth-order valence-corrected chi connectivity index (χ4v) is 2.80. The second kappa shape index (κ2) is 5.88. The van der Waals surface area contributed by atoms with Gasteiger partial charge in [0.15, 0.2) is 0 Å². The zero-order chi connectivity index (χ0) is 14.7. The molecule has 0 aromatic carbocycles. The van der Waals surface area contributed by atoms with E-state index >= 15 is 0 Å². The van der Waals surface area contributed by atoms with Crippen LogP contribution in [0.1, 0.15) is 5.82 Å². The Morgan fingerprint density at radius 3 is 3.05 bits per heavy atom. The molecule has 0 atom stereocenters. The van der Waals surface area contributed by atoms with Gasteiger partial charge in [0.2, 0.25) is 0 Å². The monoisotopic (exact) mass is 301 g/mol. The molecule has 8 heteroatoms. The summed E-state index contributed by atoms with van der Waals surface area (Å²) in [7, 11) is 1.93. The standard InChI is InChI=1S/C13H15N7S/c1-20-8-17-18-10(20)4-6-16-13-11(12(14)19-21-13)9-3-2-5-15-7-9/h2-3,5,7-8,16H,4,6H2,1H3,(H2,14,19). The summed E-state index contributed by atoms with van der Waals surface area (Å²) in [6.45, 7) is 0.738. The molecule has 3 heterocycles. The Bertz CT molecular complexity index is 719. The van der Waals surface area contributed by atoms with E-state index in [1.54, 1.807) is 18.7 Å². The van der Waals surface area contributed by atoms with E-state index in [1.165, 1.54) is 11.5 Å². The van der Waals surface area contributed by atoms with E-state index in [9.17, 15) is 0 Å². The van der Waals surface area contributed by atoms with Crippen molar-refractivity contribution in [3.8, 4) is 11.1 Å². The first kappa shape index (κ1) is 13.5. The van der Waals surface area contributed by atoms with Crippen molar-refractivity contribution >= 4 is 22.4 Å². The number of aromatic nitrogens is 5. The maximum absolute atomic E-state index is 5.97. The number of nitrogens with zero attached hydrogens (tertiary/aromatic N) is 5. The lowest BCUT2D eigenvalue weighted by Gasteiger charge is -2.07. The summed E-state index contributed by atoms with van der Waals surface area (Å²) >= 11 is 1.36. The van der Waals surface area contributed by atoms with Crippen LogP contribution in [0.2, 0.25) is 0 Å². The van der Waals surface area contributed by atoms with Crippen molar-refractivity contribution in [2.75, 3.05) is 17.6 Å². The zero-order valence-electron chi connectivity index (χ0n) is 11.5. The summed E-state index contributed by atoms with van der Waals surface area (Å²) in [5.74, 6) is 1.46. The predicted octanol–water partition coefficient (Wildman–Crippen LogP) is 1.57. The van der Waals surface area contributed by atoms with Crippen molar-refractivity contribution in [1.29, 1.82) is 0 Å². The van der Waals surface area contributed by atoms with Crippen LogP contribution in [-0.4, -0.2) is 30.7 Å². The molecule has 0 unspecified atom stereocenters. The molecule has 0 fully saturated rings. The van der Waals surface area contributed by atoms with Gasteiger partial charge in [-0.25, -0.2) is 0 Å². The highest BCUT2D eigenvalue weighted by atomic mass is 32.1. The first-order chi connectivity index (χ1) is 10.3. The van der Waals surface area contributed by atoms with Gasteiger partial charge >= 0.3 is 0 Å². The molecule has 0 saturated heterocycles. The van der Waals surface area contributed by atoms with Gasteiger partial charge in [-0.05, 0) is 17.6 Å². The average molecular weight is 301 g/mol. The average Bonchev–Trinajstić information content (AvgIpc) is 3.07. The molecule has 0 spiro atoms. The fourth-order valence-electron chi connectivity index (χ4n) is 2.03. The number of nitrogens with two attached hydrogens (primary N) is 1. The van der Waals surface area contributed by atoms with Gasteiger partial charge in [0.25, 0.3) is 0 Å². The highest BCUT2D eigenvalue weighted by Crippen LogP contribution is 2.36. The highest BCUT2D eigenvalue weighted by Gasteiger charge is 2.13. The van der Waals surface area contributed by atoms with Crippen LogP contribution in [0.3, 0.4) is 0 Å². The molecule has 0 aliphatic rings. The lowest BCUT2D eigenvalue weighted by molar-refractivity contribution is 0.789. The summed E-state index contributed by atoms with van der Waals surface area (Å²) in [6.07, 6.45) is 6.00. The van der Waals surface area contributed by atoms with E-state index in [4.69, 9.17) is 5.73 Å². The van der Waals surface area contributed by atoms with Gasteiger partial charge in [-0.1, -0.05) is 6.07 Å². The predicted molar refractivity (Wildman–Crippen MR) is 83.0 cm³/mol. The minimum Gasteiger partial charge on any atom is -0.382 e. The number of pyridine rings is 1. The maximum Gasteiger partial charge on any atom is 0.147 e. The van der Waals surface area contributed by atoms with Crippen molar-refractivity contribution in [2.24, 2.45) is 7.05 Å². The molecule has 0 radical (unpaired) electrons. The molecule has 0 saturated carbocycles. The maximum atomic E-state index is 5.97. The number of nitrogens with one attached hydrogen (secondary N) is 1. The third-order valence-corrected chi connectivity index (χ3v) is 3.93. The lowest BCUT2D eigenvalue weighted by atomic mass is 10.1. The Labute approximate surface area is 126 Å². The second-order valence-electron chi connectivity index (χ2n) is 4.55. The summed E-state index contributed by atoms with van der Waals surface area (Å²) in [5.41, 5.74) is 7.84. The summed E-state index contributed by atoms with van der Waals surface area (Å²) in [5, 5.41) is 12.2. The Morgan fingerprint density at radius 2 is 2.33 bits per heavy atom. The molecule has 3 aromatic heterocycles. The normalized spacial score (nSPS) is 10.7. The fraction of sp³-hybridized carbons (Fsp3) is 0.231. The molecule has 0 bridgehead atoms. The van der Waals surface area contributed by atoms with Gasteiger partial charge in [-0.2, -0.15) is 4.37 Å². The van der Waals surface area contributed by atoms with Crippen molar-refractivity contribution < 1.29 is 0 Å². The number of hydrogen-bond donors (Lipinski definition) is 2. The molecule has 21 heavy (non-hydrogen) atoms. The van der Waals surface area contributed by atoms with Crippen LogP contribution in [0, 0.1) is 0 Å². The van der Waals surface area contributed by atoms with Crippen LogP contribution in [-0.2, 0) is 13.5 Å². The van der Waals surface area contributed by atoms with Crippen LogP contribution in [0.5, 0.6) is 0 Å². The van der Waals surface area contributed by atoms with E-state index < -0.39 is 0 Å². The molecular formula is C13H15N7S. The third kappa shape index (κ3) is 2.84. The number of nitrogen functional groups attached to an aromatic ring is 1. The number of anilines is 2. The molecule has 3 rings (SSSR count). The summed E-state index contributed by atoms with van der Waals surface area (Å²) in [6, 6.07) is 3.86. The van der Waals surface area contributed by atoms with Crippen molar-refractivity contribution in [1.82, 2.24) is 24.1 Å². The van der Waals surface area contributed by atoms with E-state index in [0.717, 1.165) is 34.9 Å². The Hall–Kier alpha value is -2.48. The van der Waals surface area contributed by atoms with Crippen LogP contribution in [0.25, 0.3) is 11.1 Å². The minimum atomic E-state index is 0.522. The minimum absolute atomic E-state index is 0.522. The van der Waals surface area contributed by atoms with Crippen molar-refractivity contribution in [2.45, 2.75) is 6.42 Å². The molecule has 0 aliphatic carbocycles. The first-order valence-electron chi connectivity index (χ1n) is 6.48. The van der Waals surface area contributed by atoms with E-state index in [2.05, 4.69) is 24.9 Å². The molecular weight excluding hydrogens is 286 g/mol. The Morgan fingerprint density at radius 1 is 1.43 bits per heavy atom. The van der Waals surface area contributed by atoms with Crippen LogP contribution < -0.4 is 11.1 Å². The third-order valence-electron chi connectivity index (χ3n) is 3.11. The second-order valence-corrected chi connectivity index (χ2v) is 5.32. The number of aryl methyl sites for hydroxylation is 1. The van der Waals surface area contributed by atoms with Gasteiger partial charge in [0.05, 0.1) is 5.56 Å². The van der Waals surface area contributed by atoms with Crippen LogP contribution in [0.15, 0.2) is 30.9 Å². The molecule has 7 nitrogen and oxygen atoms in total. The number of rotatable bonds is 5. The van der Waals surface area contributed by atoms with E-state index in [-0.39, 0.29) is 0 Å². The van der Waals surface area contributed by atoms with Gasteiger partial charge in [-0.15, -0.1) is 10.2 Å². The van der Waals surface area contributed by atoms with Crippen molar-refractivity contribution in [3.63, 3.8) is 0 Å². The molecule has 0 amide bonds. The molecule has 108 valence electrons. The van der Waals surface area contributed by atoms with Crippen molar-refractivity contribution in [3.05, 3.63) is 36.7 Å². The molecule has 3 N–H and O–H groups in total. The summed E-state index contributed by atoms with van der Waals surface area (Å²) in [4.78, 5) is 4.13. The Kier molecular flexibility index (Phi) is 3.78. The van der Waals surface area contributed by atoms with Crippen LogP contribution >= 0.6 is 11.5 Å². The Balaban J connectivity index is 1.73. The number of hydrogen-bond acceptors (Lipinski definition) is 7. The quantitative estimate of drug-likeness (QED) is 0.743. The SMILES string of the molecule is Cn1cnnc1CCNc1snc(N)c1-c1cccnc1. The summed E-state index contributed by atoms with van der Waals surface area (Å²) < 4.78 is 6.13. The van der Waals surface area contributed by atoms with Gasteiger partial charge in [-0.3, -0.25) is 4.98 Å². The van der Waals surface area contributed by atoms with E-state index in [0.29, 0.717) is 5.82 Å².